The van der Waals surface area contributed by atoms with Crippen molar-refractivity contribution < 1.29 is 9.53 Å². The van der Waals surface area contributed by atoms with Gasteiger partial charge in [0.25, 0.3) is 0 Å². The van der Waals surface area contributed by atoms with Crippen LogP contribution in [0.25, 0.3) is 0 Å². The smallest absolute Gasteiger partial charge is 0.330 e. The molecular formula is C26H42O2. The van der Waals surface area contributed by atoms with Crippen LogP contribution in [0.2, 0.25) is 0 Å². The van der Waals surface area contributed by atoms with Crippen LogP contribution in [0.4, 0.5) is 0 Å². The van der Waals surface area contributed by atoms with Gasteiger partial charge < -0.3 is 4.74 Å². The van der Waals surface area contributed by atoms with Gasteiger partial charge in [0.2, 0.25) is 0 Å². The number of methoxy groups -OCH3 is 1. The maximum absolute atomic E-state index is 11.6. The minimum atomic E-state index is -0.227. The van der Waals surface area contributed by atoms with E-state index in [0.717, 1.165) is 30.3 Å². The maximum atomic E-state index is 11.6. The molecule has 2 nitrogen and oxygen atoms in total. The molecule has 0 aromatic carbocycles. The summed E-state index contributed by atoms with van der Waals surface area (Å²) in [5.41, 5.74) is 4.08. The lowest BCUT2D eigenvalue weighted by atomic mass is 9.39. The van der Waals surface area contributed by atoms with Gasteiger partial charge in [-0.2, -0.15) is 0 Å². The number of rotatable bonds is 4. The standard InChI is InChI=1S/C26H42O2/c1-18(17-23(27)28-7)9-11-20-19(2)10-12-22-25(20,5)16-13-21-24(3,4)14-8-15-26(21,22)6/h10,17,20-22H,8-9,11-16H2,1-7H3/b18-17-/t20-,21-,22-,25-,26-/m0/s1. The summed E-state index contributed by atoms with van der Waals surface area (Å²) in [5.74, 6) is 2.06. The second-order valence-electron chi connectivity index (χ2n) is 11.3. The molecule has 0 heterocycles. The molecule has 2 fully saturated rings. The van der Waals surface area contributed by atoms with E-state index in [1.165, 1.54) is 45.6 Å². The molecule has 2 heteroatoms. The highest BCUT2D eigenvalue weighted by Gasteiger charge is 2.60. The lowest BCUT2D eigenvalue weighted by Gasteiger charge is -2.65. The molecule has 0 radical (unpaired) electrons. The molecular weight excluding hydrogens is 344 g/mol. The van der Waals surface area contributed by atoms with Gasteiger partial charge in [0.05, 0.1) is 7.11 Å². The van der Waals surface area contributed by atoms with Crippen molar-refractivity contribution >= 4 is 5.97 Å². The van der Waals surface area contributed by atoms with Crippen LogP contribution in [0.5, 0.6) is 0 Å². The summed E-state index contributed by atoms with van der Waals surface area (Å²) in [6, 6.07) is 0. The first-order valence-corrected chi connectivity index (χ1v) is 11.5. The molecule has 3 aliphatic rings. The lowest BCUT2D eigenvalue weighted by Crippen LogP contribution is -2.57. The van der Waals surface area contributed by atoms with Crippen LogP contribution in [0.3, 0.4) is 0 Å². The zero-order valence-electron chi connectivity index (χ0n) is 19.4. The number of esters is 1. The van der Waals surface area contributed by atoms with Crippen molar-refractivity contribution in [2.45, 2.75) is 92.9 Å². The minimum absolute atomic E-state index is 0.227. The van der Waals surface area contributed by atoms with Gasteiger partial charge in [-0.1, -0.05) is 51.3 Å². The van der Waals surface area contributed by atoms with Crippen LogP contribution in [0.1, 0.15) is 92.9 Å². The van der Waals surface area contributed by atoms with E-state index in [4.69, 9.17) is 4.74 Å². The molecule has 0 spiro atoms. The normalized spacial score (nSPS) is 40.2. The fourth-order valence-corrected chi connectivity index (χ4v) is 7.87. The predicted octanol–water partition coefficient (Wildman–Crippen LogP) is 7.10. The number of hydrogen-bond donors (Lipinski definition) is 0. The molecule has 158 valence electrons. The first-order valence-electron chi connectivity index (χ1n) is 11.5. The van der Waals surface area contributed by atoms with Gasteiger partial charge in [-0.05, 0) is 92.8 Å². The highest BCUT2D eigenvalue weighted by Crippen LogP contribution is 2.68. The van der Waals surface area contributed by atoms with Crippen molar-refractivity contribution in [3.05, 3.63) is 23.3 Å². The molecule has 0 saturated heterocycles. The molecule has 0 N–H and O–H groups in total. The van der Waals surface area contributed by atoms with Gasteiger partial charge in [-0.25, -0.2) is 4.79 Å². The minimum Gasteiger partial charge on any atom is -0.466 e. The van der Waals surface area contributed by atoms with Crippen LogP contribution in [0, 0.1) is 34.0 Å². The Hall–Kier alpha value is -1.05. The molecule has 0 bridgehead atoms. The molecule has 3 aliphatic carbocycles. The predicted molar refractivity (Wildman–Crippen MR) is 117 cm³/mol. The Morgan fingerprint density at radius 1 is 1.14 bits per heavy atom. The molecule has 0 aliphatic heterocycles. The number of ether oxygens (including phenoxy) is 1. The molecule has 0 amide bonds. The molecule has 3 rings (SSSR count). The third kappa shape index (κ3) is 3.61. The average molecular weight is 387 g/mol. The van der Waals surface area contributed by atoms with Gasteiger partial charge >= 0.3 is 5.97 Å². The number of carbonyl (C=O) groups excluding carboxylic acids is 1. The van der Waals surface area contributed by atoms with Crippen molar-refractivity contribution in [2.24, 2.45) is 34.0 Å². The van der Waals surface area contributed by atoms with Gasteiger partial charge in [-0.3, -0.25) is 0 Å². The van der Waals surface area contributed by atoms with Crippen LogP contribution in [-0.2, 0) is 9.53 Å². The van der Waals surface area contributed by atoms with Crippen molar-refractivity contribution in [3.63, 3.8) is 0 Å². The van der Waals surface area contributed by atoms with Gasteiger partial charge in [0, 0.05) is 6.08 Å². The fraction of sp³-hybridized carbons (Fsp3) is 0.808. The zero-order chi connectivity index (χ0) is 20.7. The van der Waals surface area contributed by atoms with E-state index in [1.54, 1.807) is 11.6 Å². The summed E-state index contributed by atoms with van der Waals surface area (Å²) < 4.78 is 4.80. The van der Waals surface area contributed by atoms with Crippen molar-refractivity contribution in [1.82, 2.24) is 0 Å². The van der Waals surface area contributed by atoms with Gasteiger partial charge in [0.1, 0.15) is 0 Å². The summed E-state index contributed by atoms with van der Waals surface area (Å²) in [4.78, 5) is 11.6. The highest BCUT2D eigenvalue weighted by molar-refractivity contribution is 5.82. The Morgan fingerprint density at radius 3 is 2.54 bits per heavy atom. The molecule has 0 unspecified atom stereocenters. The van der Waals surface area contributed by atoms with E-state index in [9.17, 15) is 4.79 Å². The quantitative estimate of drug-likeness (QED) is 0.292. The molecule has 0 aromatic rings. The van der Waals surface area contributed by atoms with E-state index < -0.39 is 0 Å². The number of hydrogen-bond acceptors (Lipinski definition) is 2. The summed E-state index contributed by atoms with van der Waals surface area (Å²) in [6.07, 6.45) is 14.6. The lowest BCUT2D eigenvalue weighted by molar-refractivity contribution is -0.145. The van der Waals surface area contributed by atoms with E-state index >= 15 is 0 Å². The third-order valence-corrected chi connectivity index (χ3v) is 9.25. The van der Waals surface area contributed by atoms with E-state index in [1.807, 2.05) is 0 Å². The molecule has 2 saturated carbocycles. The van der Waals surface area contributed by atoms with E-state index in [0.29, 0.717) is 22.2 Å². The Kier molecular flexibility index (Phi) is 5.92. The van der Waals surface area contributed by atoms with Crippen molar-refractivity contribution in [1.29, 1.82) is 0 Å². The monoisotopic (exact) mass is 386 g/mol. The number of fused-ring (bicyclic) bond motifs is 3. The first-order chi connectivity index (χ1) is 13.0. The maximum Gasteiger partial charge on any atom is 0.330 e. The Bertz CT molecular complexity index is 670. The Balaban J connectivity index is 1.85. The van der Waals surface area contributed by atoms with E-state index in [-0.39, 0.29) is 5.97 Å². The largest absolute Gasteiger partial charge is 0.466 e. The fourth-order valence-electron chi connectivity index (χ4n) is 7.87. The van der Waals surface area contributed by atoms with E-state index in [2.05, 4.69) is 47.6 Å². The third-order valence-electron chi connectivity index (χ3n) is 9.25. The topological polar surface area (TPSA) is 26.3 Å². The van der Waals surface area contributed by atoms with Gasteiger partial charge in [-0.15, -0.1) is 0 Å². The Labute approximate surface area is 173 Å². The van der Waals surface area contributed by atoms with Gasteiger partial charge in [0.15, 0.2) is 0 Å². The summed E-state index contributed by atoms with van der Waals surface area (Å²) in [5, 5.41) is 0. The second kappa shape index (κ2) is 7.65. The summed E-state index contributed by atoms with van der Waals surface area (Å²) in [7, 11) is 1.45. The first kappa shape index (κ1) is 21.7. The van der Waals surface area contributed by atoms with Crippen LogP contribution in [0.15, 0.2) is 23.3 Å². The van der Waals surface area contributed by atoms with Crippen LogP contribution < -0.4 is 0 Å². The van der Waals surface area contributed by atoms with Crippen LogP contribution >= 0.6 is 0 Å². The highest BCUT2D eigenvalue weighted by atomic mass is 16.5. The Morgan fingerprint density at radius 2 is 1.86 bits per heavy atom. The number of allylic oxidation sites excluding steroid dienone is 3. The second-order valence-corrected chi connectivity index (χ2v) is 11.3. The molecule has 28 heavy (non-hydrogen) atoms. The zero-order valence-corrected chi connectivity index (χ0v) is 19.4. The molecule has 0 aromatic heterocycles. The SMILES string of the molecule is COC(=O)/C=C(/C)CC[C@H]1C(C)=CC[C@H]2[C@@]1(C)CC[C@H]1C(C)(C)CCC[C@]21C. The van der Waals surface area contributed by atoms with Crippen LogP contribution in [-0.4, -0.2) is 13.1 Å². The average Bonchev–Trinajstić information content (AvgIpc) is 2.59. The molecule has 5 atom stereocenters. The van der Waals surface area contributed by atoms with Crippen molar-refractivity contribution in [3.8, 4) is 0 Å². The number of carbonyl (C=O) groups is 1. The van der Waals surface area contributed by atoms with Crippen molar-refractivity contribution in [2.75, 3.05) is 7.11 Å². The summed E-state index contributed by atoms with van der Waals surface area (Å²) in [6.45, 7) is 14.7. The summed E-state index contributed by atoms with van der Waals surface area (Å²) >= 11 is 0.